The maximum Gasteiger partial charge on any atom is 0.338 e. The van der Waals surface area contributed by atoms with Crippen LogP contribution in [0.4, 0.5) is 0 Å². The predicted octanol–water partition coefficient (Wildman–Crippen LogP) is -0.580. The summed E-state index contributed by atoms with van der Waals surface area (Å²) in [5.74, 6) is -1.08. The Labute approximate surface area is 122 Å². The molecule has 0 spiro atoms. The molecule has 1 fully saturated rings. The van der Waals surface area contributed by atoms with E-state index in [0.29, 0.717) is 13.1 Å². The number of carboxylic acids is 1. The number of aromatic nitrogens is 2. The Morgan fingerprint density at radius 2 is 2.10 bits per heavy atom. The molecule has 0 atom stereocenters. The summed E-state index contributed by atoms with van der Waals surface area (Å²) in [6.45, 7) is 5.11. The number of nitrogens with one attached hydrogen (secondary N) is 1. The number of nitrogens with zero attached hydrogens (tertiary/aromatic N) is 3. The van der Waals surface area contributed by atoms with Gasteiger partial charge in [0.05, 0.1) is 25.0 Å². The van der Waals surface area contributed by atoms with Crippen LogP contribution in [0.5, 0.6) is 0 Å². The van der Waals surface area contributed by atoms with Crippen molar-refractivity contribution in [3.63, 3.8) is 0 Å². The molecule has 0 radical (unpaired) electrons. The first-order valence-corrected chi connectivity index (χ1v) is 6.97. The van der Waals surface area contributed by atoms with Crippen molar-refractivity contribution in [1.82, 2.24) is 20.0 Å². The average molecular weight is 296 g/mol. The van der Waals surface area contributed by atoms with E-state index in [1.807, 2.05) is 0 Å². The Hall–Kier alpha value is -1.93. The van der Waals surface area contributed by atoms with Crippen LogP contribution in [0.3, 0.4) is 0 Å². The smallest absolute Gasteiger partial charge is 0.338 e. The van der Waals surface area contributed by atoms with Crippen LogP contribution >= 0.6 is 0 Å². The van der Waals surface area contributed by atoms with Gasteiger partial charge in [0.25, 0.3) is 0 Å². The van der Waals surface area contributed by atoms with E-state index in [1.54, 1.807) is 0 Å². The summed E-state index contributed by atoms with van der Waals surface area (Å²) in [6, 6.07) is 0. The number of morpholine rings is 1. The van der Waals surface area contributed by atoms with Crippen molar-refractivity contribution in [2.45, 2.75) is 13.0 Å². The maximum atomic E-state index is 11.7. The van der Waals surface area contributed by atoms with Crippen molar-refractivity contribution in [1.29, 1.82) is 0 Å². The molecule has 2 heterocycles. The van der Waals surface area contributed by atoms with E-state index in [1.165, 1.54) is 17.1 Å². The summed E-state index contributed by atoms with van der Waals surface area (Å²) >= 11 is 0. The molecule has 0 unspecified atom stereocenters. The molecule has 1 saturated heterocycles. The number of carboxylic acid groups (broad SMARTS) is 1. The van der Waals surface area contributed by atoms with Crippen LogP contribution in [0.15, 0.2) is 12.4 Å². The number of hydrogen-bond donors (Lipinski definition) is 2. The fourth-order valence-corrected chi connectivity index (χ4v) is 2.08. The summed E-state index contributed by atoms with van der Waals surface area (Å²) in [7, 11) is 0. The van der Waals surface area contributed by atoms with Crippen molar-refractivity contribution in [2.75, 3.05) is 39.4 Å². The van der Waals surface area contributed by atoms with Crippen molar-refractivity contribution in [3.8, 4) is 0 Å². The van der Waals surface area contributed by atoms with E-state index in [0.717, 1.165) is 32.8 Å². The summed E-state index contributed by atoms with van der Waals surface area (Å²) < 4.78 is 6.72. The van der Waals surface area contributed by atoms with Crippen LogP contribution in [-0.4, -0.2) is 71.1 Å². The molecular weight excluding hydrogens is 276 g/mol. The Morgan fingerprint density at radius 1 is 1.33 bits per heavy atom. The molecule has 0 aliphatic carbocycles. The molecule has 21 heavy (non-hydrogen) atoms. The van der Waals surface area contributed by atoms with E-state index in [-0.39, 0.29) is 17.9 Å². The highest BCUT2D eigenvalue weighted by Gasteiger charge is 2.10. The molecule has 2 rings (SSSR count). The van der Waals surface area contributed by atoms with Gasteiger partial charge in [0.1, 0.15) is 0 Å². The molecule has 116 valence electrons. The highest BCUT2D eigenvalue weighted by Crippen LogP contribution is 1.99. The first-order valence-electron chi connectivity index (χ1n) is 6.97. The van der Waals surface area contributed by atoms with Gasteiger partial charge in [0.2, 0.25) is 5.91 Å². The van der Waals surface area contributed by atoms with Gasteiger partial charge in [-0.25, -0.2) is 4.79 Å². The molecule has 2 N–H and O–H groups in total. The average Bonchev–Trinajstić information content (AvgIpc) is 2.95. The molecule has 0 saturated carbocycles. The highest BCUT2D eigenvalue weighted by atomic mass is 16.5. The van der Waals surface area contributed by atoms with Gasteiger partial charge in [-0.3, -0.25) is 14.4 Å². The summed E-state index contributed by atoms with van der Waals surface area (Å²) in [5.41, 5.74) is 0.128. The third-order valence-electron chi connectivity index (χ3n) is 3.30. The minimum Gasteiger partial charge on any atom is -0.478 e. The van der Waals surface area contributed by atoms with Gasteiger partial charge in [0, 0.05) is 45.3 Å². The Balaban J connectivity index is 1.61. The van der Waals surface area contributed by atoms with Gasteiger partial charge in [0.15, 0.2) is 0 Å². The first kappa shape index (κ1) is 15.5. The zero-order valence-corrected chi connectivity index (χ0v) is 11.8. The van der Waals surface area contributed by atoms with E-state index < -0.39 is 5.97 Å². The largest absolute Gasteiger partial charge is 0.478 e. The van der Waals surface area contributed by atoms with Crippen LogP contribution in [0, 0.1) is 0 Å². The van der Waals surface area contributed by atoms with Crippen LogP contribution in [0.1, 0.15) is 16.8 Å². The number of ether oxygens (including phenoxy) is 1. The van der Waals surface area contributed by atoms with Crippen LogP contribution in [0.25, 0.3) is 0 Å². The molecule has 1 aromatic rings. The van der Waals surface area contributed by atoms with Crippen molar-refractivity contribution in [3.05, 3.63) is 18.0 Å². The number of rotatable bonds is 7. The SMILES string of the molecule is O=C(CCn1cc(C(=O)O)cn1)NCCN1CCOCC1. The molecule has 1 amide bonds. The number of carbonyl (C=O) groups is 2. The predicted molar refractivity (Wildman–Crippen MR) is 74.1 cm³/mol. The van der Waals surface area contributed by atoms with Gasteiger partial charge in [-0.1, -0.05) is 0 Å². The summed E-state index contributed by atoms with van der Waals surface area (Å²) in [4.78, 5) is 24.6. The quantitative estimate of drug-likeness (QED) is 0.699. The lowest BCUT2D eigenvalue weighted by Gasteiger charge is -2.26. The molecule has 1 aromatic heterocycles. The van der Waals surface area contributed by atoms with Crippen LogP contribution in [-0.2, 0) is 16.1 Å². The zero-order chi connectivity index (χ0) is 15.1. The minimum atomic E-state index is -1.02. The second-order valence-electron chi connectivity index (χ2n) is 4.85. The highest BCUT2D eigenvalue weighted by molar-refractivity contribution is 5.86. The second kappa shape index (κ2) is 7.75. The fraction of sp³-hybridized carbons (Fsp3) is 0.615. The van der Waals surface area contributed by atoms with Gasteiger partial charge >= 0.3 is 5.97 Å². The Bertz CT molecular complexity index is 482. The summed E-state index contributed by atoms with van der Waals surface area (Å²) in [6.07, 6.45) is 2.98. The lowest BCUT2D eigenvalue weighted by molar-refractivity contribution is -0.121. The van der Waals surface area contributed by atoms with Gasteiger partial charge in [-0.05, 0) is 0 Å². The lowest BCUT2D eigenvalue weighted by atomic mass is 10.3. The number of aryl methyl sites for hydroxylation is 1. The monoisotopic (exact) mass is 296 g/mol. The van der Waals surface area contributed by atoms with Gasteiger partial charge < -0.3 is 15.2 Å². The van der Waals surface area contributed by atoms with Crippen molar-refractivity contribution < 1.29 is 19.4 Å². The van der Waals surface area contributed by atoms with Gasteiger partial charge in [-0.2, -0.15) is 5.10 Å². The first-order chi connectivity index (χ1) is 10.1. The fourth-order valence-electron chi connectivity index (χ4n) is 2.08. The standard InChI is InChI=1S/C13H20N4O4/c18-12(14-2-4-16-5-7-21-8-6-16)1-3-17-10-11(9-15-17)13(19)20/h9-10H,1-8H2,(H,14,18)(H,19,20). The minimum absolute atomic E-state index is 0.0596. The second-order valence-corrected chi connectivity index (χ2v) is 4.85. The molecule has 1 aliphatic heterocycles. The molecule has 8 nitrogen and oxygen atoms in total. The number of amides is 1. The van der Waals surface area contributed by atoms with Crippen LogP contribution < -0.4 is 5.32 Å². The molecule has 0 aromatic carbocycles. The number of aromatic carboxylic acids is 1. The maximum absolute atomic E-state index is 11.7. The molecule has 8 heteroatoms. The number of hydrogen-bond acceptors (Lipinski definition) is 5. The van der Waals surface area contributed by atoms with E-state index in [9.17, 15) is 9.59 Å². The third-order valence-corrected chi connectivity index (χ3v) is 3.30. The molecule has 0 bridgehead atoms. The summed E-state index contributed by atoms with van der Waals surface area (Å²) in [5, 5.41) is 15.5. The normalized spacial score (nSPS) is 15.8. The molecule has 1 aliphatic rings. The van der Waals surface area contributed by atoms with Crippen LogP contribution in [0.2, 0.25) is 0 Å². The zero-order valence-electron chi connectivity index (χ0n) is 11.8. The topological polar surface area (TPSA) is 96.7 Å². The van der Waals surface area contributed by atoms with Crippen molar-refractivity contribution >= 4 is 11.9 Å². The third kappa shape index (κ3) is 5.16. The van der Waals surface area contributed by atoms with E-state index in [2.05, 4.69) is 15.3 Å². The Kier molecular flexibility index (Phi) is 5.70. The Morgan fingerprint density at radius 3 is 2.76 bits per heavy atom. The van der Waals surface area contributed by atoms with Gasteiger partial charge in [-0.15, -0.1) is 0 Å². The number of carbonyl (C=O) groups excluding carboxylic acids is 1. The van der Waals surface area contributed by atoms with Crippen molar-refractivity contribution in [2.24, 2.45) is 0 Å². The van der Waals surface area contributed by atoms with E-state index >= 15 is 0 Å². The van der Waals surface area contributed by atoms with E-state index in [4.69, 9.17) is 9.84 Å². The molecular formula is C13H20N4O4. The lowest BCUT2D eigenvalue weighted by Crippen LogP contribution is -2.41.